The number of rotatable bonds is 6. The molecule has 5 heteroatoms. The van der Waals surface area contributed by atoms with Gasteiger partial charge in [0, 0.05) is 18.6 Å². The molecule has 5 nitrogen and oxygen atoms in total. The summed E-state index contributed by atoms with van der Waals surface area (Å²) in [4.78, 5) is 21.1. The van der Waals surface area contributed by atoms with E-state index in [0.29, 0.717) is 23.6 Å². The van der Waals surface area contributed by atoms with Crippen LogP contribution >= 0.6 is 0 Å². The highest BCUT2D eigenvalue weighted by atomic mass is 16.5. The van der Waals surface area contributed by atoms with Crippen LogP contribution in [0.15, 0.2) is 97.6 Å². The molecule has 29 heavy (non-hydrogen) atoms. The Bertz CT molecular complexity index is 1080. The number of carbonyl (C=O) groups is 1. The quantitative estimate of drug-likeness (QED) is 0.512. The number of amides is 1. The molecule has 4 rings (SSSR count). The second-order valence-electron chi connectivity index (χ2n) is 6.42. The normalized spacial score (nSPS) is 10.3. The maximum Gasteiger partial charge on any atom is 0.259 e. The molecule has 0 saturated heterocycles. The Kier molecular flexibility index (Phi) is 5.58. The van der Waals surface area contributed by atoms with Crippen LogP contribution in [0, 0.1) is 0 Å². The lowest BCUT2D eigenvalue weighted by molar-refractivity contribution is 0.102. The molecule has 142 valence electrons. The predicted molar refractivity (Wildman–Crippen MR) is 113 cm³/mol. The van der Waals surface area contributed by atoms with Crippen molar-refractivity contribution in [2.24, 2.45) is 0 Å². The van der Waals surface area contributed by atoms with Crippen LogP contribution in [0.25, 0.3) is 11.1 Å². The number of hydrogen-bond acceptors (Lipinski definition) is 4. The molecule has 0 aliphatic rings. The zero-order valence-electron chi connectivity index (χ0n) is 15.7. The topological polar surface area (TPSA) is 64.1 Å². The first-order valence-electron chi connectivity index (χ1n) is 9.22. The van der Waals surface area contributed by atoms with E-state index in [1.54, 1.807) is 36.9 Å². The number of nitrogens with zero attached hydrogens (tertiary/aromatic N) is 2. The highest BCUT2D eigenvalue weighted by Gasteiger charge is 2.15. The number of nitrogens with one attached hydrogen (secondary N) is 1. The van der Waals surface area contributed by atoms with Crippen LogP contribution in [0.5, 0.6) is 5.75 Å². The maximum atomic E-state index is 13.0. The Morgan fingerprint density at radius 1 is 0.828 bits per heavy atom. The van der Waals surface area contributed by atoms with Crippen molar-refractivity contribution in [1.29, 1.82) is 0 Å². The summed E-state index contributed by atoms with van der Waals surface area (Å²) in [5, 5.41) is 2.88. The predicted octanol–water partition coefficient (Wildman–Crippen LogP) is 4.97. The summed E-state index contributed by atoms with van der Waals surface area (Å²) in [7, 11) is 0. The summed E-state index contributed by atoms with van der Waals surface area (Å²) in [6, 6.07) is 22.8. The molecule has 2 aromatic carbocycles. The number of carbonyl (C=O) groups excluding carboxylic acids is 1. The minimum atomic E-state index is -0.253. The van der Waals surface area contributed by atoms with E-state index < -0.39 is 0 Å². The molecular formula is C24H19N3O2. The number of pyridine rings is 2. The molecule has 0 atom stereocenters. The Labute approximate surface area is 169 Å². The van der Waals surface area contributed by atoms with Gasteiger partial charge in [-0.1, -0.05) is 36.4 Å². The first-order chi connectivity index (χ1) is 14.3. The van der Waals surface area contributed by atoms with Gasteiger partial charge in [-0.25, -0.2) is 0 Å². The molecule has 2 aromatic heterocycles. The Balaban J connectivity index is 1.64. The van der Waals surface area contributed by atoms with E-state index in [0.717, 1.165) is 16.7 Å². The second kappa shape index (κ2) is 8.80. The first kappa shape index (κ1) is 18.4. The minimum Gasteiger partial charge on any atom is -0.488 e. The fraction of sp³-hybridized carbons (Fsp3) is 0.0417. The van der Waals surface area contributed by atoms with E-state index in [4.69, 9.17) is 4.74 Å². The molecule has 0 fully saturated rings. The largest absolute Gasteiger partial charge is 0.488 e. The molecule has 0 bridgehead atoms. The molecule has 2 heterocycles. The minimum absolute atomic E-state index is 0.253. The van der Waals surface area contributed by atoms with Gasteiger partial charge in [0.1, 0.15) is 12.4 Å². The smallest absolute Gasteiger partial charge is 0.259 e. The lowest BCUT2D eigenvalue weighted by Gasteiger charge is -2.14. The van der Waals surface area contributed by atoms with Crippen LogP contribution < -0.4 is 10.1 Å². The second-order valence-corrected chi connectivity index (χ2v) is 6.42. The Morgan fingerprint density at radius 3 is 2.41 bits per heavy atom. The van der Waals surface area contributed by atoms with Crippen LogP contribution in [-0.4, -0.2) is 15.9 Å². The van der Waals surface area contributed by atoms with Crippen LogP contribution in [0.1, 0.15) is 15.9 Å². The average Bonchev–Trinajstić information content (AvgIpc) is 2.79. The maximum absolute atomic E-state index is 13.0. The highest BCUT2D eigenvalue weighted by Crippen LogP contribution is 2.28. The molecule has 0 unspecified atom stereocenters. The number of anilines is 1. The Hall–Kier alpha value is -3.99. The molecule has 0 radical (unpaired) electrons. The van der Waals surface area contributed by atoms with Gasteiger partial charge in [0.15, 0.2) is 0 Å². The fourth-order valence-corrected chi connectivity index (χ4v) is 2.93. The number of hydrogen-bond donors (Lipinski definition) is 1. The first-order valence-corrected chi connectivity index (χ1v) is 9.22. The van der Waals surface area contributed by atoms with E-state index in [1.165, 1.54) is 0 Å². The molecular weight excluding hydrogens is 362 g/mol. The lowest BCUT2D eigenvalue weighted by atomic mass is 10.0. The number of aromatic nitrogens is 2. The zero-order chi connectivity index (χ0) is 19.9. The standard InChI is InChI=1S/C24H19N3O2/c28-24(27-21-7-4-12-26-16-21)22-15-20(19-10-13-25-14-11-19)8-9-23(22)29-17-18-5-2-1-3-6-18/h1-16H,17H2,(H,27,28). The van der Waals surface area contributed by atoms with Crippen molar-refractivity contribution in [3.05, 3.63) is 109 Å². The summed E-state index contributed by atoms with van der Waals surface area (Å²) in [5.41, 5.74) is 4.00. The molecule has 0 aliphatic heterocycles. The molecule has 4 aromatic rings. The van der Waals surface area contributed by atoms with Gasteiger partial charge < -0.3 is 10.1 Å². The van der Waals surface area contributed by atoms with Gasteiger partial charge in [0.2, 0.25) is 0 Å². The van der Waals surface area contributed by atoms with E-state index in [2.05, 4.69) is 15.3 Å². The van der Waals surface area contributed by atoms with Gasteiger partial charge in [-0.3, -0.25) is 14.8 Å². The van der Waals surface area contributed by atoms with E-state index in [-0.39, 0.29) is 5.91 Å². The van der Waals surface area contributed by atoms with Crippen molar-refractivity contribution in [2.45, 2.75) is 6.61 Å². The van der Waals surface area contributed by atoms with Gasteiger partial charge in [-0.2, -0.15) is 0 Å². The van der Waals surface area contributed by atoms with Gasteiger partial charge in [-0.15, -0.1) is 0 Å². The van der Waals surface area contributed by atoms with Crippen molar-refractivity contribution in [2.75, 3.05) is 5.32 Å². The molecule has 1 amide bonds. The third-order valence-electron chi connectivity index (χ3n) is 4.39. The van der Waals surface area contributed by atoms with Crippen LogP contribution in [0.4, 0.5) is 5.69 Å². The van der Waals surface area contributed by atoms with Gasteiger partial charge in [0.25, 0.3) is 5.91 Å². The number of ether oxygens (including phenoxy) is 1. The third kappa shape index (κ3) is 4.65. The van der Waals surface area contributed by atoms with Crippen LogP contribution in [0.3, 0.4) is 0 Å². The van der Waals surface area contributed by atoms with E-state index in [9.17, 15) is 4.79 Å². The van der Waals surface area contributed by atoms with Crippen molar-refractivity contribution in [1.82, 2.24) is 9.97 Å². The van der Waals surface area contributed by atoms with Gasteiger partial charge in [0.05, 0.1) is 17.4 Å². The van der Waals surface area contributed by atoms with Crippen molar-refractivity contribution >= 4 is 11.6 Å². The molecule has 0 spiro atoms. The van der Waals surface area contributed by atoms with Gasteiger partial charge >= 0.3 is 0 Å². The van der Waals surface area contributed by atoms with E-state index in [1.807, 2.05) is 60.7 Å². The van der Waals surface area contributed by atoms with Crippen molar-refractivity contribution in [3.63, 3.8) is 0 Å². The summed E-state index contributed by atoms with van der Waals surface area (Å²) >= 11 is 0. The van der Waals surface area contributed by atoms with Crippen LogP contribution in [-0.2, 0) is 6.61 Å². The van der Waals surface area contributed by atoms with Crippen molar-refractivity contribution < 1.29 is 9.53 Å². The summed E-state index contributed by atoms with van der Waals surface area (Å²) in [5.74, 6) is 0.269. The lowest BCUT2D eigenvalue weighted by Crippen LogP contribution is -2.14. The third-order valence-corrected chi connectivity index (χ3v) is 4.39. The zero-order valence-corrected chi connectivity index (χ0v) is 15.7. The van der Waals surface area contributed by atoms with E-state index >= 15 is 0 Å². The van der Waals surface area contributed by atoms with Crippen LogP contribution in [0.2, 0.25) is 0 Å². The Morgan fingerprint density at radius 2 is 1.66 bits per heavy atom. The SMILES string of the molecule is O=C(Nc1cccnc1)c1cc(-c2ccncc2)ccc1OCc1ccccc1. The molecule has 0 aliphatic carbocycles. The number of benzene rings is 2. The highest BCUT2D eigenvalue weighted by molar-refractivity contribution is 6.06. The van der Waals surface area contributed by atoms with Gasteiger partial charge in [-0.05, 0) is 53.1 Å². The fourth-order valence-electron chi connectivity index (χ4n) is 2.93. The summed E-state index contributed by atoms with van der Waals surface area (Å²) in [6.45, 7) is 0.378. The van der Waals surface area contributed by atoms with Crippen molar-refractivity contribution in [3.8, 4) is 16.9 Å². The molecule has 0 saturated carbocycles. The monoisotopic (exact) mass is 381 g/mol. The summed E-state index contributed by atoms with van der Waals surface area (Å²) in [6.07, 6.45) is 6.72. The molecule has 1 N–H and O–H groups in total. The summed E-state index contributed by atoms with van der Waals surface area (Å²) < 4.78 is 5.98. The average molecular weight is 381 g/mol.